The zero-order valence-corrected chi connectivity index (χ0v) is 16.9. The molecule has 0 spiro atoms. The van der Waals surface area contributed by atoms with E-state index in [-0.39, 0.29) is 49.1 Å². The molecule has 3 atom stereocenters. The molecule has 2 aliphatic heterocycles. The molecule has 4 rings (SSSR count). The van der Waals surface area contributed by atoms with Crippen LogP contribution < -0.4 is 5.32 Å². The molecular weight excluding hydrogens is 410 g/mol. The van der Waals surface area contributed by atoms with E-state index in [9.17, 15) is 14.7 Å². The zero-order chi connectivity index (χ0) is 19.0. The molecule has 1 aliphatic carbocycles. The summed E-state index contributed by atoms with van der Waals surface area (Å²) in [5, 5.41) is 12.9. The first-order valence-electron chi connectivity index (χ1n) is 9.81. The molecule has 7 heteroatoms. The highest BCUT2D eigenvalue weighted by atomic mass is 79.9. The third kappa shape index (κ3) is 3.59. The van der Waals surface area contributed by atoms with Crippen LogP contribution in [-0.2, 0) is 4.79 Å². The van der Waals surface area contributed by atoms with Crippen LogP contribution in [0.3, 0.4) is 0 Å². The van der Waals surface area contributed by atoms with Crippen LogP contribution in [0, 0.1) is 0 Å². The number of hydrogen-bond donors (Lipinski definition) is 2. The minimum Gasteiger partial charge on any atom is -0.394 e. The van der Waals surface area contributed by atoms with Crippen molar-refractivity contribution in [2.75, 3.05) is 19.7 Å². The third-order valence-corrected chi connectivity index (χ3v) is 6.76. The number of halogens is 1. The lowest BCUT2D eigenvalue weighted by Gasteiger charge is -2.58. The van der Waals surface area contributed by atoms with Crippen molar-refractivity contribution in [1.29, 1.82) is 0 Å². The molecule has 1 saturated carbocycles. The fourth-order valence-corrected chi connectivity index (χ4v) is 5.12. The average Bonchev–Trinajstić information content (AvgIpc) is 2.65. The minimum atomic E-state index is -0.202. The van der Waals surface area contributed by atoms with Crippen molar-refractivity contribution in [3.63, 3.8) is 0 Å². The zero-order valence-electron chi connectivity index (χ0n) is 15.3. The number of aliphatic hydroxyl groups is 1. The first-order valence-corrected chi connectivity index (χ1v) is 10.6. The smallest absolute Gasteiger partial charge is 0.318 e. The Morgan fingerprint density at radius 1 is 1.19 bits per heavy atom. The Kier molecular flexibility index (Phi) is 5.41. The maximum Gasteiger partial charge on any atom is 0.318 e. The van der Waals surface area contributed by atoms with Gasteiger partial charge in [-0.2, -0.15) is 0 Å². The van der Waals surface area contributed by atoms with Crippen LogP contribution in [0.4, 0.5) is 4.79 Å². The van der Waals surface area contributed by atoms with Crippen LogP contribution in [0.2, 0.25) is 0 Å². The second-order valence-corrected chi connectivity index (χ2v) is 8.78. The van der Waals surface area contributed by atoms with Gasteiger partial charge in [0.15, 0.2) is 0 Å². The molecule has 2 N–H and O–H groups in total. The van der Waals surface area contributed by atoms with Crippen LogP contribution in [-0.4, -0.2) is 64.7 Å². The molecule has 3 aliphatic rings. The highest BCUT2D eigenvalue weighted by Gasteiger charge is 2.54. The number of carbonyl (C=O) groups is 2. The first kappa shape index (κ1) is 18.7. The number of amides is 3. The van der Waals surface area contributed by atoms with E-state index in [1.807, 2.05) is 24.3 Å². The molecule has 2 saturated heterocycles. The van der Waals surface area contributed by atoms with Gasteiger partial charge in [-0.25, -0.2) is 4.79 Å². The number of carbonyl (C=O) groups excluding carboxylic acids is 2. The van der Waals surface area contributed by atoms with E-state index >= 15 is 0 Å². The van der Waals surface area contributed by atoms with Gasteiger partial charge in [0.25, 0.3) is 0 Å². The number of nitrogens with one attached hydrogen (secondary N) is 1. The summed E-state index contributed by atoms with van der Waals surface area (Å²) in [6.07, 6.45) is 5.60. The van der Waals surface area contributed by atoms with E-state index in [4.69, 9.17) is 0 Å². The van der Waals surface area contributed by atoms with Gasteiger partial charge < -0.3 is 20.2 Å². The third-order valence-electron chi connectivity index (χ3n) is 6.23. The van der Waals surface area contributed by atoms with Gasteiger partial charge in [-0.05, 0) is 30.5 Å². The lowest BCUT2D eigenvalue weighted by Crippen LogP contribution is -2.74. The van der Waals surface area contributed by atoms with Gasteiger partial charge in [0.05, 0.1) is 18.7 Å². The standard InChI is InChI=1S/C20H26BrN3O3/c21-14-8-6-13(7-9-14)19-16-10-23(11-18(26)24(16)17(19)12-25)20(27)22-15-4-2-1-3-5-15/h6-9,15-17,19,25H,1-5,10-12H2,(H,22,27)/t16-,17+,19-/m0/s1. The Labute approximate surface area is 168 Å². The van der Waals surface area contributed by atoms with Crippen molar-refractivity contribution in [3.05, 3.63) is 34.3 Å². The molecule has 0 radical (unpaired) electrons. The SMILES string of the molecule is O=C(NC1CCCCC1)N1CC(=O)N2[C@H](CO)[C@@H](c3ccc(Br)cc3)[C@@H]2C1. The summed E-state index contributed by atoms with van der Waals surface area (Å²) in [5.74, 6) is -0.0187. The van der Waals surface area contributed by atoms with Gasteiger partial charge in [-0.1, -0.05) is 47.3 Å². The molecular formula is C20H26BrN3O3. The first-order chi connectivity index (χ1) is 13.1. The molecule has 1 aromatic rings. The largest absolute Gasteiger partial charge is 0.394 e. The molecule has 1 aromatic carbocycles. The number of nitrogens with zero attached hydrogens (tertiary/aromatic N) is 2. The maximum absolute atomic E-state index is 12.7. The monoisotopic (exact) mass is 435 g/mol. The van der Waals surface area contributed by atoms with Gasteiger partial charge in [0.1, 0.15) is 6.54 Å². The molecule has 3 amide bonds. The van der Waals surface area contributed by atoms with Crippen molar-refractivity contribution in [3.8, 4) is 0 Å². The Balaban J connectivity index is 1.47. The molecule has 27 heavy (non-hydrogen) atoms. The Hall–Kier alpha value is -1.60. The van der Waals surface area contributed by atoms with Crippen molar-refractivity contribution in [2.24, 2.45) is 0 Å². The fraction of sp³-hybridized carbons (Fsp3) is 0.600. The Bertz CT molecular complexity index is 705. The van der Waals surface area contributed by atoms with E-state index in [0.29, 0.717) is 6.54 Å². The molecule has 3 fully saturated rings. The average molecular weight is 436 g/mol. The quantitative estimate of drug-likeness (QED) is 0.765. The van der Waals surface area contributed by atoms with Crippen molar-refractivity contribution >= 4 is 27.9 Å². The molecule has 0 bridgehead atoms. The number of hydrogen-bond acceptors (Lipinski definition) is 3. The summed E-state index contributed by atoms with van der Waals surface area (Å²) >= 11 is 3.45. The summed E-state index contributed by atoms with van der Waals surface area (Å²) in [4.78, 5) is 28.8. The van der Waals surface area contributed by atoms with E-state index in [2.05, 4.69) is 21.2 Å². The summed E-state index contributed by atoms with van der Waals surface area (Å²) in [6.45, 7) is 0.553. The molecule has 2 heterocycles. The van der Waals surface area contributed by atoms with Crippen LogP contribution >= 0.6 is 15.9 Å². The molecule has 6 nitrogen and oxygen atoms in total. The van der Waals surface area contributed by atoms with E-state index in [1.54, 1.807) is 9.80 Å². The molecule has 0 aromatic heterocycles. The lowest BCUT2D eigenvalue weighted by molar-refractivity contribution is -0.159. The number of rotatable bonds is 3. The van der Waals surface area contributed by atoms with Crippen molar-refractivity contribution < 1.29 is 14.7 Å². The van der Waals surface area contributed by atoms with Crippen LogP contribution in [0.5, 0.6) is 0 Å². The van der Waals surface area contributed by atoms with Crippen LogP contribution in [0.15, 0.2) is 28.7 Å². The fourth-order valence-electron chi connectivity index (χ4n) is 4.85. The van der Waals surface area contributed by atoms with Gasteiger partial charge in [-0.15, -0.1) is 0 Å². The highest BCUT2D eigenvalue weighted by Crippen LogP contribution is 2.43. The van der Waals surface area contributed by atoms with Crippen molar-refractivity contribution in [1.82, 2.24) is 15.1 Å². The summed E-state index contributed by atoms with van der Waals surface area (Å²) in [6, 6.07) is 7.84. The van der Waals surface area contributed by atoms with Gasteiger partial charge in [-0.3, -0.25) is 4.79 Å². The topological polar surface area (TPSA) is 72.9 Å². The molecule has 146 valence electrons. The minimum absolute atomic E-state index is 0.0531. The number of piperazine rings is 1. The predicted molar refractivity (Wildman–Crippen MR) is 105 cm³/mol. The summed E-state index contributed by atoms with van der Waals surface area (Å²) in [7, 11) is 0. The number of urea groups is 1. The number of aliphatic hydroxyl groups excluding tert-OH is 1. The second-order valence-electron chi connectivity index (χ2n) is 7.86. The maximum atomic E-state index is 12.7. The second kappa shape index (κ2) is 7.80. The highest BCUT2D eigenvalue weighted by molar-refractivity contribution is 9.10. The van der Waals surface area contributed by atoms with Crippen LogP contribution in [0.1, 0.15) is 43.6 Å². The summed E-state index contributed by atoms with van der Waals surface area (Å²) < 4.78 is 0.996. The predicted octanol–water partition coefficient (Wildman–Crippen LogP) is 2.46. The van der Waals surface area contributed by atoms with E-state index in [1.165, 1.54) is 6.42 Å². The number of benzene rings is 1. The van der Waals surface area contributed by atoms with Crippen molar-refractivity contribution in [2.45, 2.75) is 56.1 Å². The number of fused-ring (bicyclic) bond motifs is 1. The van der Waals surface area contributed by atoms with Gasteiger partial charge >= 0.3 is 6.03 Å². The Morgan fingerprint density at radius 3 is 2.56 bits per heavy atom. The van der Waals surface area contributed by atoms with Gasteiger partial charge in [0.2, 0.25) is 5.91 Å². The normalized spacial score (nSPS) is 28.5. The molecule has 0 unspecified atom stereocenters. The Morgan fingerprint density at radius 2 is 1.89 bits per heavy atom. The van der Waals surface area contributed by atoms with Crippen LogP contribution in [0.25, 0.3) is 0 Å². The van der Waals surface area contributed by atoms with E-state index in [0.717, 1.165) is 35.7 Å². The van der Waals surface area contributed by atoms with Gasteiger partial charge in [0, 0.05) is 23.0 Å². The van der Waals surface area contributed by atoms with E-state index < -0.39 is 0 Å². The summed E-state index contributed by atoms with van der Waals surface area (Å²) in [5.41, 5.74) is 1.10. The lowest BCUT2D eigenvalue weighted by atomic mass is 9.74.